The molecule has 0 saturated heterocycles. The molecule has 0 aliphatic carbocycles. The molecule has 0 unspecified atom stereocenters. The molecular formula is C15H18O4S. The van der Waals surface area contributed by atoms with E-state index in [2.05, 4.69) is 0 Å². The molecule has 0 saturated carbocycles. The van der Waals surface area contributed by atoms with Crippen LogP contribution in [-0.2, 0) is 14.3 Å². The van der Waals surface area contributed by atoms with E-state index >= 15 is 0 Å². The quantitative estimate of drug-likeness (QED) is 0.319. The van der Waals surface area contributed by atoms with Gasteiger partial charge in [0.05, 0.1) is 0 Å². The van der Waals surface area contributed by atoms with Crippen LogP contribution in [0.4, 0.5) is 0 Å². The smallest absolute Gasteiger partial charge is 0.313 e. The maximum atomic E-state index is 11.1. The van der Waals surface area contributed by atoms with E-state index in [9.17, 15) is 9.59 Å². The van der Waals surface area contributed by atoms with Crippen molar-refractivity contribution in [2.45, 2.75) is 18.2 Å². The highest BCUT2D eigenvalue weighted by Gasteiger charge is 2.04. The number of ether oxygens (including phenoxy) is 2. The number of thioether (sulfide) groups is 1. The van der Waals surface area contributed by atoms with Crippen LogP contribution in [0, 0.1) is 0 Å². The lowest BCUT2D eigenvalue weighted by Gasteiger charge is -2.07. The first-order valence-corrected chi connectivity index (χ1v) is 7.42. The topological polar surface area (TPSA) is 52.6 Å². The van der Waals surface area contributed by atoms with Crippen molar-refractivity contribution in [3.8, 4) is 5.75 Å². The third-order valence-electron chi connectivity index (χ3n) is 2.30. The number of hydrogen-bond donors (Lipinski definition) is 0. The Morgan fingerprint density at radius 3 is 2.60 bits per heavy atom. The van der Waals surface area contributed by atoms with Crippen LogP contribution in [0.25, 0.3) is 0 Å². The lowest BCUT2D eigenvalue weighted by Crippen LogP contribution is -2.08. The molecule has 108 valence electrons. The second kappa shape index (κ2) is 9.20. The Labute approximate surface area is 123 Å². The summed E-state index contributed by atoms with van der Waals surface area (Å²) in [5.41, 5.74) is 0. The Hall–Kier alpha value is -1.75. The first-order chi connectivity index (χ1) is 9.63. The van der Waals surface area contributed by atoms with E-state index in [-0.39, 0.29) is 18.8 Å². The maximum absolute atomic E-state index is 11.1. The summed E-state index contributed by atoms with van der Waals surface area (Å²) in [5, 5.41) is 0. The Kier molecular flexibility index (Phi) is 7.50. The van der Waals surface area contributed by atoms with Crippen molar-refractivity contribution in [3.05, 3.63) is 36.4 Å². The minimum Gasteiger partial charge on any atom is -0.488 e. The van der Waals surface area contributed by atoms with E-state index in [4.69, 9.17) is 9.47 Å². The van der Waals surface area contributed by atoms with Crippen molar-refractivity contribution in [1.29, 1.82) is 0 Å². The largest absolute Gasteiger partial charge is 0.488 e. The zero-order valence-electron chi connectivity index (χ0n) is 11.6. The average Bonchev–Trinajstić information content (AvgIpc) is 2.42. The standard InChI is InChI=1S/C15H18O4S/c1-12(16)11-15(17)19-10-6-5-9-18-13-7-3-4-8-14(13)20-2/h3-8H,9-11H2,1-2H3/b6-5+. The predicted octanol–water partition coefficient (Wildman–Crippen LogP) is 2.87. The third-order valence-corrected chi connectivity index (χ3v) is 3.08. The van der Waals surface area contributed by atoms with Crippen molar-refractivity contribution in [2.24, 2.45) is 0 Å². The van der Waals surface area contributed by atoms with Crippen LogP contribution < -0.4 is 4.74 Å². The summed E-state index contributed by atoms with van der Waals surface area (Å²) in [6.07, 6.45) is 5.29. The number of carbonyl (C=O) groups excluding carboxylic acids is 2. The number of esters is 1. The highest BCUT2D eigenvalue weighted by molar-refractivity contribution is 7.98. The normalized spacial score (nSPS) is 10.5. The van der Waals surface area contributed by atoms with E-state index < -0.39 is 5.97 Å². The van der Waals surface area contributed by atoms with E-state index in [1.165, 1.54) is 6.92 Å². The fourth-order valence-corrected chi connectivity index (χ4v) is 1.95. The molecule has 5 heteroatoms. The summed E-state index contributed by atoms with van der Waals surface area (Å²) in [4.78, 5) is 22.8. The molecule has 1 aromatic rings. The second-order valence-corrected chi connectivity index (χ2v) is 4.84. The molecule has 0 heterocycles. The molecule has 0 radical (unpaired) electrons. The van der Waals surface area contributed by atoms with Crippen molar-refractivity contribution >= 4 is 23.5 Å². The van der Waals surface area contributed by atoms with Gasteiger partial charge in [0.2, 0.25) is 0 Å². The molecule has 0 atom stereocenters. The molecule has 1 rings (SSSR count). The molecule has 1 aromatic carbocycles. The highest BCUT2D eigenvalue weighted by Crippen LogP contribution is 2.26. The number of carbonyl (C=O) groups is 2. The van der Waals surface area contributed by atoms with Gasteiger partial charge in [0, 0.05) is 4.90 Å². The van der Waals surface area contributed by atoms with Crippen molar-refractivity contribution in [3.63, 3.8) is 0 Å². The van der Waals surface area contributed by atoms with Gasteiger partial charge in [-0.3, -0.25) is 9.59 Å². The van der Waals surface area contributed by atoms with E-state index in [0.717, 1.165) is 10.6 Å². The van der Waals surface area contributed by atoms with Crippen LogP contribution in [0.2, 0.25) is 0 Å². The first-order valence-electron chi connectivity index (χ1n) is 6.19. The lowest BCUT2D eigenvalue weighted by molar-refractivity contribution is -0.144. The van der Waals surface area contributed by atoms with Crippen LogP contribution in [-0.4, -0.2) is 31.2 Å². The van der Waals surface area contributed by atoms with Crippen LogP contribution in [0.1, 0.15) is 13.3 Å². The van der Waals surface area contributed by atoms with Gasteiger partial charge in [0.1, 0.15) is 31.2 Å². The summed E-state index contributed by atoms with van der Waals surface area (Å²) in [7, 11) is 0. The third kappa shape index (κ3) is 6.43. The van der Waals surface area contributed by atoms with Gasteiger partial charge in [-0.05, 0) is 37.5 Å². The first kappa shape index (κ1) is 16.3. The molecule has 0 amide bonds. The van der Waals surface area contributed by atoms with Gasteiger partial charge in [-0.15, -0.1) is 11.8 Å². The van der Waals surface area contributed by atoms with E-state index in [0.29, 0.717) is 6.61 Å². The minimum atomic E-state index is -0.504. The summed E-state index contributed by atoms with van der Waals surface area (Å²) in [5.74, 6) is 0.130. The van der Waals surface area contributed by atoms with Gasteiger partial charge >= 0.3 is 5.97 Å². The van der Waals surface area contributed by atoms with Gasteiger partial charge in [0.25, 0.3) is 0 Å². The Bertz CT molecular complexity index is 483. The van der Waals surface area contributed by atoms with Gasteiger partial charge in [-0.1, -0.05) is 12.1 Å². The molecule has 0 N–H and O–H groups in total. The molecule has 20 heavy (non-hydrogen) atoms. The van der Waals surface area contributed by atoms with Gasteiger partial charge in [-0.25, -0.2) is 0 Å². The average molecular weight is 294 g/mol. The van der Waals surface area contributed by atoms with Crippen LogP contribution in [0.15, 0.2) is 41.3 Å². The zero-order chi connectivity index (χ0) is 14.8. The van der Waals surface area contributed by atoms with E-state index in [1.54, 1.807) is 23.9 Å². The van der Waals surface area contributed by atoms with Gasteiger partial charge in [0.15, 0.2) is 0 Å². The fourth-order valence-electron chi connectivity index (χ4n) is 1.41. The highest BCUT2D eigenvalue weighted by atomic mass is 32.2. The lowest BCUT2D eigenvalue weighted by atomic mass is 10.3. The summed E-state index contributed by atoms with van der Waals surface area (Å²) < 4.78 is 10.4. The molecule has 0 spiro atoms. The number of Topliss-reactive ketones (excluding diaryl/α,β-unsaturated/α-hetero) is 1. The molecule has 0 aromatic heterocycles. The monoisotopic (exact) mass is 294 g/mol. The predicted molar refractivity (Wildman–Crippen MR) is 79.1 cm³/mol. The van der Waals surface area contributed by atoms with E-state index in [1.807, 2.05) is 30.5 Å². The molecular weight excluding hydrogens is 276 g/mol. The van der Waals surface area contributed by atoms with Crippen molar-refractivity contribution < 1.29 is 19.1 Å². The van der Waals surface area contributed by atoms with Crippen LogP contribution in [0.3, 0.4) is 0 Å². The second-order valence-electron chi connectivity index (χ2n) is 4.00. The number of para-hydroxylation sites is 1. The number of hydrogen-bond acceptors (Lipinski definition) is 5. The Morgan fingerprint density at radius 1 is 1.20 bits per heavy atom. The minimum absolute atomic E-state index is 0.152. The summed E-state index contributed by atoms with van der Waals surface area (Å²) in [6, 6.07) is 7.78. The van der Waals surface area contributed by atoms with Crippen molar-refractivity contribution in [2.75, 3.05) is 19.5 Å². The Balaban J connectivity index is 2.25. The molecule has 0 fully saturated rings. The molecule has 0 aliphatic rings. The SMILES string of the molecule is CSc1ccccc1OC/C=C/COC(=O)CC(C)=O. The number of ketones is 1. The summed E-state index contributed by atoms with van der Waals surface area (Å²) >= 11 is 1.62. The molecule has 4 nitrogen and oxygen atoms in total. The molecule has 0 aliphatic heterocycles. The van der Waals surface area contributed by atoms with Gasteiger partial charge < -0.3 is 9.47 Å². The van der Waals surface area contributed by atoms with Crippen molar-refractivity contribution in [1.82, 2.24) is 0 Å². The molecule has 0 bridgehead atoms. The fraction of sp³-hybridized carbons (Fsp3) is 0.333. The Morgan fingerprint density at radius 2 is 1.90 bits per heavy atom. The van der Waals surface area contributed by atoms with Gasteiger partial charge in [-0.2, -0.15) is 0 Å². The summed E-state index contributed by atoms with van der Waals surface area (Å²) in [6.45, 7) is 1.91. The van der Waals surface area contributed by atoms with Crippen LogP contribution in [0.5, 0.6) is 5.75 Å². The number of benzene rings is 1. The number of rotatable bonds is 8. The van der Waals surface area contributed by atoms with Crippen LogP contribution >= 0.6 is 11.8 Å². The maximum Gasteiger partial charge on any atom is 0.313 e. The zero-order valence-corrected chi connectivity index (χ0v) is 12.4.